The third-order valence-electron chi connectivity index (χ3n) is 5.81. The molecule has 6 heteroatoms. The molecule has 3 fully saturated rings. The van der Waals surface area contributed by atoms with Gasteiger partial charge in [-0.2, -0.15) is 0 Å². The van der Waals surface area contributed by atoms with Crippen LogP contribution in [0.1, 0.15) is 48.2 Å². The molecule has 0 bridgehead atoms. The molecule has 0 saturated carbocycles. The van der Waals surface area contributed by atoms with E-state index in [2.05, 4.69) is 10.1 Å². The zero-order valence-electron chi connectivity index (χ0n) is 14.5. The molecule has 1 aromatic heterocycles. The summed E-state index contributed by atoms with van der Waals surface area (Å²) in [6, 6.07) is 0. The minimum Gasteiger partial charge on any atom is -0.373 e. The van der Waals surface area contributed by atoms with Crippen molar-refractivity contribution in [2.24, 2.45) is 5.92 Å². The Morgan fingerprint density at radius 1 is 1.33 bits per heavy atom. The normalized spacial score (nSPS) is 31.2. The van der Waals surface area contributed by atoms with Gasteiger partial charge in [0.1, 0.15) is 11.8 Å². The highest BCUT2D eigenvalue weighted by Crippen LogP contribution is 2.38. The first-order valence-electron chi connectivity index (χ1n) is 9.22. The molecule has 4 heterocycles. The maximum atomic E-state index is 12.7. The van der Waals surface area contributed by atoms with E-state index in [9.17, 15) is 4.79 Å². The van der Waals surface area contributed by atoms with E-state index < -0.39 is 0 Å². The van der Waals surface area contributed by atoms with Crippen LogP contribution in [0, 0.1) is 12.8 Å². The second kappa shape index (κ2) is 6.48. The molecule has 132 valence electrons. The number of ether oxygens (including phenoxy) is 1. The summed E-state index contributed by atoms with van der Waals surface area (Å²) in [7, 11) is 0. The summed E-state index contributed by atoms with van der Waals surface area (Å²) in [5.74, 6) is 0.634. The monoisotopic (exact) mass is 333 g/mol. The van der Waals surface area contributed by atoms with E-state index in [1.165, 1.54) is 32.2 Å². The van der Waals surface area contributed by atoms with Crippen LogP contribution in [-0.2, 0) is 4.74 Å². The first kappa shape index (κ1) is 16.1. The van der Waals surface area contributed by atoms with Crippen molar-refractivity contribution in [1.29, 1.82) is 0 Å². The summed E-state index contributed by atoms with van der Waals surface area (Å²) >= 11 is 0. The molecule has 0 aromatic carbocycles. The second-order valence-electron chi connectivity index (χ2n) is 7.72. The Bertz CT molecular complexity index is 596. The number of aromatic nitrogens is 1. The Hall–Kier alpha value is -1.40. The lowest BCUT2D eigenvalue weighted by Gasteiger charge is -2.39. The predicted molar refractivity (Wildman–Crippen MR) is 88.8 cm³/mol. The maximum absolute atomic E-state index is 12.7. The molecule has 3 aliphatic heterocycles. The van der Waals surface area contributed by atoms with Crippen molar-refractivity contribution < 1.29 is 14.1 Å². The number of hydrogen-bond donors (Lipinski definition) is 0. The van der Waals surface area contributed by atoms with Crippen LogP contribution in [0.2, 0.25) is 0 Å². The fourth-order valence-corrected chi connectivity index (χ4v) is 4.61. The van der Waals surface area contributed by atoms with Crippen LogP contribution >= 0.6 is 0 Å². The highest BCUT2D eigenvalue weighted by Gasteiger charge is 2.45. The zero-order valence-corrected chi connectivity index (χ0v) is 14.5. The number of carbonyl (C=O) groups is 1. The van der Waals surface area contributed by atoms with E-state index in [0.29, 0.717) is 23.7 Å². The number of piperidine rings is 1. The molecule has 0 aliphatic carbocycles. The van der Waals surface area contributed by atoms with Crippen LogP contribution in [0.3, 0.4) is 0 Å². The molecule has 1 amide bonds. The van der Waals surface area contributed by atoms with Crippen LogP contribution in [-0.4, -0.2) is 65.8 Å². The number of rotatable bonds is 3. The van der Waals surface area contributed by atoms with Gasteiger partial charge >= 0.3 is 0 Å². The van der Waals surface area contributed by atoms with Crippen LogP contribution in [0.15, 0.2) is 10.8 Å². The van der Waals surface area contributed by atoms with Gasteiger partial charge in [-0.1, -0.05) is 5.16 Å². The highest BCUT2D eigenvalue weighted by atomic mass is 16.5. The number of amides is 1. The van der Waals surface area contributed by atoms with Crippen LogP contribution in [0.4, 0.5) is 0 Å². The van der Waals surface area contributed by atoms with Crippen molar-refractivity contribution in [1.82, 2.24) is 15.0 Å². The number of hydrogen-bond acceptors (Lipinski definition) is 5. The van der Waals surface area contributed by atoms with E-state index in [1.54, 1.807) is 0 Å². The molecular formula is C18H27N3O3. The summed E-state index contributed by atoms with van der Waals surface area (Å²) in [6.45, 7) is 7.78. The lowest BCUT2D eigenvalue weighted by Crippen LogP contribution is -2.50. The minimum atomic E-state index is -0.136. The molecule has 2 atom stereocenters. The second-order valence-corrected chi connectivity index (χ2v) is 7.72. The van der Waals surface area contributed by atoms with Crippen molar-refractivity contribution in [2.45, 2.75) is 44.6 Å². The van der Waals surface area contributed by atoms with Crippen molar-refractivity contribution in [3.05, 3.63) is 17.5 Å². The molecule has 0 radical (unpaired) electrons. The SMILES string of the molecule is Cc1nocc1C(=O)N1CCCC2(CC(CN3CCCC3)CO2)C1. The van der Waals surface area contributed by atoms with Gasteiger partial charge in [0.25, 0.3) is 5.91 Å². The lowest BCUT2D eigenvalue weighted by molar-refractivity contribution is -0.0450. The third-order valence-corrected chi connectivity index (χ3v) is 5.81. The summed E-state index contributed by atoms with van der Waals surface area (Å²) in [5, 5.41) is 3.83. The Morgan fingerprint density at radius 2 is 2.17 bits per heavy atom. The van der Waals surface area contributed by atoms with Gasteiger partial charge in [-0.25, -0.2) is 0 Å². The third kappa shape index (κ3) is 3.09. The van der Waals surface area contributed by atoms with Crippen LogP contribution < -0.4 is 0 Å². The van der Waals surface area contributed by atoms with Gasteiger partial charge in [0, 0.05) is 19.6 Å². The molecule has 0 N–H and O–H groups in total. The highest BCUT2D eigenvalue weighted by molar-refractivity contribution is 5.94. The number of nitrogens with zero attached hydrogens (tertiary/aromatic N) is 3. The van der Waals surface area contributed by atoms with Crippen molar-refractivity contribution in [3.63, 3.8) is 0 Å². The van der Waals surface area contributed by atoms with Gasteiger partial charge in [-0.05, 0) is 58.0 Å². The molecule has 4 rings (SSSR count). The van der Waals surface area contributed by atoms with Crippen molar-refractivity contribution in [3.8, 4) is 0 Å². The number of aryl methyl sites for hydroxylation is 1. The maximum Gasteiger partial charge on any atom is 0.259 e. The minimum absolute atomic E-state index is 0.0272. The van der Waals surface area contributed by atoms with Crippen molar-refractivity contribution in [2.75, 3.05) is 39.3 Å². The fraction of sp³-hybridized carbons (Fsp3) is 0.778. The van der Waals surface area contributed by atoms with E-state index in [1.807, 2.05) is 11.8 Å². The van der Waals surface area contributed by atoms with Gasteiger partial charge < -0.3 is 19.1 Å². The van der Waals surface area contributed by atoms with E-state index in [0.717, 1.165) is 39.0 Å². The zero-order chi connectivity index (χ0) is 16.6. The van der Waals surface area contributed by atoms with E-state index in [-0.39, 0.29) is 11.5 Å². The van der Waals surface area contributed by atoms with Crippen LogP contribution in [0.25, 0.3) is 0 Å². The van der Waals surface area contributed by atoms with Gasteiger partial charge in [0.05, 0.1) is 17.9 Å². The molecule has 24 heavy (non-hydrogen) atoms. The van der Waals surface area contributed by atoms with Crippen molar-refractivity contribution >= 4 is 5.91 Å². The summed E-state index contributed by atoms with van der Waals surface area (Å²) in [5.41, 5.74) is 1.11. The Morgan fingerprint density at radius 3 is 2.92 bits per heavy atom. The number of likely N-dealkylation sites (tertiary alicyclic amines) is 2. The first-order chi connectivity index (χ1) is 11.7. The lowest BCUT2D eigenvalue weighted by atomic mass is 9.86. The molecule has 6 nitrogen and oxygen atoms in total. The average Bonchev–Trinajstić information content (AvgIpc) is 3.30. The molecular weight excluding hydrogens is 306 g/mol. The number of carbonyl (C=O) groups excluding carboxylic acids is 1. The Labute approximate surface area is 143 Å². The predicted octanol–water partition coefficient (Wildman–Crippen LogP) is 2.09. The van der Waals surface area contributed by atoms with Gasteiger partial charge in [-0.15, -0.1) is 0 Å². The van der Waals surface area contributed by atoms with Gasteiger partial charge in [0.15, 0.2) is 0 Å². The summed E-state index contributed by atoms with van der Waals surface area (Å²) < 4.78 is 11.2. The Balaban J connectivity index is 1.39. The smallest absolute Gasteiger partial charge is 0.259 e. The fourth-order valence-electron chi connectivity index (χ4n) is 4.61. The molecule has 2 unspecified atom stereocenters. The van der Waals surface area contributed by atoms with Crippen LogP contribution in [0.5, 0.6) is 0 Å². The molecule has 1 aromatic rings. The quantitative estimate of drug-likeness (QED) is 0.848. The Kier molecular flexibility index (Phi) is 4.35. The molecule has 3 aliphatic rings. The molecule has 3 saturated heterocycles. The standard InChI is InChI=1S/C18H27N3O3/c1-14-16(12-24-19-14)17(22)21-8-4-5-18(13-21)9-15(11-23-18)10-20-6-2-3-7-20/h12,15H,2-11,13H2,1H3. The van der Waals surface area contributed by atoms with Gasteiger partial charge in [0.2, 0.25) is 0 Å². The molecule has 1 spiro atoms. The summed E-state index contributed by atoms with van der Waals surface area (Å²) in [4.78, 5) is 17.2. The van der Waals surface area contributed by atoms with E-state index >= 15 is 0 Å². The first-order valence-corrected chi connectivity index (χ1v) is 9.22. The largest absolute Gasteiger partial charge is 0.373 e. The average molecular weight is 333 g/mol. The van der Waals surface area contributed by atoms with Gasteiger partial charge in [-0.3, -0.25) is 4.79 Å². The van der Waals surface area contributed by atoms with E-state index in [4.69, 9.17) is 9.26 Å². The topological polar surface area (TPSA) is 58.8 Å². The summed E-state index contributed by atoms with van der Waals surface area (Å²) in [6.07, 6.45) is 7.28.